The van der Waals surface area contributed by atoms with Crippen LogP contribution in [0.1, 0.15) is 18.4 Å². The highest BCUT2D eigenvalue weighted by Crippen LogP contribution is 2.20. The van der Waals surface area contributed by atoms with Crippen molar-refractivity contribution in [3.05, 3.63) is 29.8 Å². The van der Waals surface area contributed by atoms with Crippen molar-refractivity contribution in [3.63, 3.8) is 0 Å². The molecule has 0 atom stereocenters. The Morgan fingerprint density at radius 3 is 2.35 bits per heavy atom. The first-order valence-electron chi connectivity index (χ1n) is 5.95. The lowest BCUT2D eigenvalue weighted by Gasteiger charge is -2.21. The summed E-state index contributed by atoms with van der Waals surface area (Å²) >= 11 is 0. The third kappa shape index (κ3) is 3.73. The molecule has 2 rings (SSSR count). The summed E-state index contributed by atoms with van der Waals surface area (Å²) in [7, 11) is -2.76. The van der Waals surface area contributed by atoms with Crippen LogP contribution in [0.2, 0.25) is 0 Å². The van der Waals surface area contributed by atoms with E-state index in [9.17, 15) is 8.42 Å². The van der Waals surface area contributed by atoms with Crippen molar-refractivity contribution in [2.75, 3.05) is 18.1 Å². The molecule has 0 spiro atoms. The van der Waals surface area contributed by atoms with Crippen molar-refractivity contribution in [1.82, 2.24) is 0 Å². The molecule has 1 aliphatic rings. The Balaban J connectivity index is 1.81. The Morgan fingerprint density at radius 1 is 1.18 bits per heavy atom. The van der Waals surface area contributed by atoms with Crippen molar-refractivity contribution in [1.29, 1.82) is 0 Å². The molecule has 0 saturated carbocycles. The molecule has 1 aliphatic heterocycles. The first-order valence-corrected chi connectivity index (χ1v) is 7.77. The fourth-order valence-electron chi connectivity index (χ4n) is 1.95. The first kappa shape index (κ1) is 12.4. The summed E-state index contributed by atoms with van der Waals surface area (Å²) in [5.74, 6) is 1.87. The highest BCUT2D eigenvalue weighted by Gasteiger charge is 2.23. The molecule has 0 N–H and O–H groups in total. The molecule has 1 fully saturated rings. The summed E-state index contributed by atoms with van der Waals surface area (Å²) in [4.78, 5) is 0. The minimum Gasteiger partial charge on any atom is -0.493 e. The van der Waals surface area contributed by atoms with E-state index in [2.05, 4.69) is 0 Å². The van der Waals surface area contributed by atoms with Crippen molar-refractivity contribution in [2.45, 2.75) is 19.8 Å². The number of sulfone groups is 1. The van der Waals surface area contributed by atoms with Crippen LogP contribution in [0.4, 0.5) is 0 Å². The van der Waals surface area contributed by atoms with E-state index in [1.807, 2.05) is 31.2 Å². The number of aryl methyl sites for hydroxylation is 1. The number of ether oxygens (including phenoxy) is 1. The van der Waals surface area contributed by atoms with Crippen LogP contribution in [0.25, 0.3) is 0 Å². The maximum Gasteiger partial charge on any atom is 0.150 e. The van der Waals surface area contributed by atoms with Crippen LogP contribution in [-0.4, -0.2) is 26.5 Å². The van der Waals surface area contributed by atoms with Crippen molar-refractivity contribution in [3.8, 4) is 5.75 Å². The van der Waals surface area contributed by atoms with Gasteiger partial charge in [0.2, 0.25) is 0 Å². The van der Waals surface area contributed by atoms with E-state index in [0.29, 0.717) is 24.0 Å². The summed E-state index contributed by atoms with van der Waals surface area (Å²) in [6.45, 7) is 2.66. The molecule has 1 heterocycles. The monoisotopic (exact) mass is 254 g/mol. The standard InChI is InChI=1S/C13H18O3S/c1-11-2-4-13(5-3-11)16-10-12-6-8-17(14,15)9-7-12/h2-5,12H,6-10H2,1H3. The minimum absolute atomic E-state index is 0.314. The van der Waals surface area contributed by atoms with Gasteiger partial charge in [-0.3, -0.25) is 0 Å². The lowest BCUT2D eigenvalue weighted by atomic mass is 10.0. The maximum atomic E-state index is 11.3. The van der Waals surface area contributed by atoms with Crippen LogP contribution < -0.4 is 4.74 Å². The average Bonchev–Trinajstić information content (AvgIpc) is 2.30. The summed E-state index contributed by atoms with van der Waals surface area (Å²) in [5.41, 5.74) is 1.21. The second kappa shape index (κ2) is 5.08. The van der Waals surface area contributed by atoms with Gasteiger partial charge in [0.05, 0.1) is 18.1 Å². The fraction of sp³-hybridized carbons (Fsp3) is 0.538. The third-order valence-electron chi connectivity index (χ3n) is 3.18. The topological polar surface area (TPSA) is 43.4 Å². The van der Waals surface area contributed by atoms with Crippen molar-refractivity contribution in [2.24, 2.45) is 5.92 Å². The molecule has 3 nitrogen and oxygen atoms in total. The number of benzene rings is 1. The van der Waals surface area contributed by atoms with E-state index < -0.39 is 9.84 Å². The predicted octanol–water partition coefficient (Wildman–Crippen LogP) is 2.20. The second-order valence-corrected chi connectivity index (χ2v) is 7.02. The Kier molecular flexibility index (Phi) is 3.72. The van der Waals surface area contributed by atoms with Crippen molar-refractivity contribution >= 4 is 9.84 Å². The van der Waals surface area contributed by atoms with Gasteiger partial charge in [-0.05, 0) is 37.8 Å². The van der Waals surface area contributed by atoms with E-state index >= 15 is 0 Å². The van der Waals surface area contributed by atoms with Gasteiger partial charge >= 0.3 is 0 Å². The summed E-state index contributed by atoms with van der Waals surface area (Å²) in [6.07, 6.45) is 1.46. The Morgan fingerprint density at radius 2 is 1.76 bits per heavy atom. The minimum atomic E-state index is -2.76. The van der Waals surface area contributed by atoms with E-state index in [0.717, 1.165) is 18.6 Å². The Hall–Kier alpha value is -1.03. The highest BCUT2D eigenvalue weighted by atomic mass is 32.2. The highest BCUT2D eigenvalue weighted by molar-refractivity contribution is 7.91. The zero-order chi connectivity index (χ0) is 12.3. The molecule has 0 amide bonds. The Bertz CT molecular complexity index is 448. The molecule has 0 aliphatic carbocycles. The van der Waals surface area contributed by atoms with Crippen LogP contribution >= 0.6 is 0 Å². The van der Waals surface area contributed by atoms with Gasteiger partial charge in [-0.15, -0.1) is 0 Å². The van der Waals surface area contributed by atoms with Crippen LogP contribution in [0.3, 0.4) is 0 Å². The molecule has 0 bridgehead atoms. The quantitative estimate of drug-likeness (QED) is 0.830. The van der Waals surface area contributed by atoms with Gasteiger partial charge < -0.3 is 4.74 Å². The lowest BCUT2D eigenvalue weighted by Crippen LogP contribution is -2.26. The Labute approximate surface area is 103 Å². The predicted molar refractivity (Wildman–Crippen MR) is 68.1 cm³/mol. The summed E-state index contributed by atoms with van der Waals surface area (Å²) in [6, 6.07) is 7.94. The van der Waals surface area contributed by atoms with Gasteiger partial charge in [0, 0.05) is 0 Å². The van der Waals surface area contributed by atoms with Gasteiger partial charge in [0.25, 0.3) is 0 Å². The zero-order valence-electron chi connectivity index (χ0n) is 10.1. The number of hydrogen-bond donors (Lipinski definition) is 0. The van der Waals surface area contributed by atoms with Gasteiger partial charge in [-0.1, -0.05) is 17.7 Å². The molecule has 94 valence electrons. The average molecular weight is 254 g/mol. The van der Waals surface area contributed by atoms with E-state index in [4.69, 9.17) is 4.74 Å². The van der Waals surface area contributed by atoms with Crippen LogP contribution in [-0.2, 0) is 9.84 Å². The molecular formula is C13H18O3S. The van der Waals surface area contributed by atoms with Crippen molar-refractivity contribution < 1.29 is 13.2 Å². The van der Waals surface area contributed by atoms with Gasteiger partial charge in [-0.25, -0.2) is 8.42 Å². The van der Waals surface area contributed by atoms with Gasteiger partial charge in [-0.2, -0.15) is 0 Å². The summed E-state index contributed by atoms with van der Waals surface area (Å²) in [5, 5.41) is 0. The molecule has 1 saturated heterocycles. The molecule has 0 radical (unpaired) electrons. The normalized spacial score (nSPS) is 20.1. The molecule has 1 aromatic rings. The van der Waals surface area contributed by atoms with E-state index in [1.165, 1.54) is 5.56 Å². The summed E-state index contributed by atoms with van der Waals surface area (Å²) < 4.78 is 28.2. The van der Waals surface area contributed by atoms with Crippen LogP contribution in [0, 0.1) is 12.8 Å². The molecule has 1 aromatic carbocycles. The molecular weight excluding hydrogens is 236 g/mol. The third-order valence-corrected chi connectivity index (χ3v) is 4.90. The first-order chi connectivity index (χ1) is 8.05. The largest absolute Gasteiger partial charge is 0.493 e. The fourth-order valence-corrected chi connectivity index (χ4v) is 3.54. The second-order valence-electron chi connectivity index (χ2n) is 4.72. The molecule has 17 heavy (non-hydrogen) atoms. The molecule has 0 unspecified atom stereocenters. The SMILES string of the molecule is Cc1ccc(OCC2CCS(=O)(=O)CC2)cc1. The zero-order valence-corrected chi connectivity index (χ0v) is 10.9. The van der Waals surface area contributed by atoms with E-state index in [-0.39, 0.29) is 0 Å². The molecule has 4 heteroatoms. The maximum absolute atomic E-state index is 11.3. The smallest absolute Gasteiger partial charge is 0.150 e. The lowest BCUT2D eigenvalue weighted by molar-refractivity contribution is 0.238. The molecule has 0 aromatic heterocycles. The van der Waals surface area contributed by atoms with Crippen LogP contribution in [0.5, 0.6) is 5.75 Å². The van der Waals surface area contributed by atoms with Crippen LogP contribution in [0.15, 0.2) is 24.3 Å². The van der Waals surface area contributed by atoms with Gasteiger partial charge in [0.15, 0.2) is 0 Å². The number of rotatable bonds is 3. The van der Waals surface area contributed by atoms with Gasteiger partial charge in [0.1, 0.15) is 15.6 Å². The number of hydrogen-bond acceptors (Lipinski definition) is 3. The van der Waals surface area contributed by atoms with E-state index in [1.54, 1.807) is 0 Å².